The molecule has 2 N–H and O–H groups in total. The van der Waals surface area contributed by atoms with Crippen molar-refractivity contribution in [2.75, 3.05) is 13.1 Å². The topological polar surface area (TPSA) is 122 Å². The maximum atomic E-state index is 12.1. The van der Waals surface area contributed by atoms with Gasteiger partial charge in [-0.05, 0) is 24.6 Å². The Morgan fingerprint density at radius 3 is 2.73 bits per heavy atom. The number of carbonyl (C=O) groups is 2. The van der Waals surface area contributed by atoms with Gasteiger partial charge in [0, 0.05) is 47.1 Å². The standard InChI is InChI=1S/C22H20Cl2N6O3/c23-14-10-13(11-15(24)12-14)20-27-19(33-30-20)7-3-6-18(31)25-8-9-26-21-16-4-1-2-5-17(16)22(32)29-28-21/h1-2,4-5,10-12,17,26H,3,6-9H2,(H,25,31). The number of aromatic nitrogens is 2. The summed E-state index contributed by atoms with van der Waals surface area (Å²) < 4.78 is 5.25. The minimum Gasteiger partial charge on any atom is -0.367 e. The van der Waals surface area contributed by atoms with E-state index in [9.17, 15) is 9.59 Å². The van der Waals surface area contributed by atoms with Crippen LogP contribution >= 0.6 is 23.2 Å². The predicted molar refractivity (Wildman–Crippen MR) is 122 cm³/mol. The van der Waals surface area contributed by atoms with Crippen LogP contribution in [0.2, 0.25) is 10.0 Å². The van der Waals surface area contributed by atoms with Crippen LogP contribution in [0.25, 0.3) is 11.4 Å². The second kappa shape index (κ2) is 10.5. The number of azo groups is 1. The summed E-state index contributed by atoms with van der Waals surface area (Å²) in [5.41, 5.74) is 1.44. The molecule has 2 aromatic rings. The quantitative estimate of drug-likeness (QED) is 0.516. The van der Waals surface area contributed by atoms with Crippen LogP contribution in [0.15, 0.2) is 68.6 Å². The highest BCUT2D eigenvalue weighted by atomic mass is 35.5. The molecule has 4 rings (SSSR count). The molecule has 2 amide bonds. The highest BCUT2D eigenvalue weighted by Gasteiger charge is 2.26. The number of hydrogen-bond donors (Lipinski definition) is 2. The van der Waals surface area contributed by atoms with E-state index in [0.717, 1.165) is 5.57 Å². The Morgan fingerprint density at radius 2 is 1.91 bits per heavy atom. The molecule has 0 spiro atoms. The molecule has 170 valence electrons. The van der Waals surface area contributed by atoms with E-state index < -0.39 is 5.92 Å². The van der Waals surface area contributed by atoms with Gasteiger partial charge in [-0.1, -0.05) is 52.7 Å². The number of rotatable bonds is 9. The van der Waals surface area contributed by atoms with Crippen molar-refractivity contribution in [2.45, 2.75) is 19.3 Å². The summed E-state index contributed by atoms with van der Waals surface area (Å²) in [6.07, 6.45) is 8.63. The SMILES string of the molecule is O=C(CCCc1nc(-c2cc(Cl)cc(Cl)c2)no1)NCCNC1=C2C=CC=CC2C(=O)N=N1. The third-order valence-corrected chi connectivity index (χ3v) is 5.37. The highest BCUT2D eigenvalue weighted by molar-refractivity contribution is 6.35. The van der Waals surface area contributed by atoms with E-state index in [1.165, 1.54) is 0 Å². The fourth-order valence-electron chi connectivity index (χ4n) is 3.37. The van der Waals surface area contributed by atoms with Crippen molar-refractivity contribution in [3.63, 3.8) is 0 Å². The number of fused-ring (bicyclic) bond motifs is 1. The normalized spacial score (nSPS) is 16.8. The van der Waals surface area contributed by atoms with Crippen molar-refractivity contribution in [3.8, 4) is 11.4 Å². The van der Waals surface area contributed by atoms with Crippen LogP contribution in [-0.4, -0.2) is 35.0 Å². The van der Waals surface area contributed by atoms with E-state index in [1.54, 1.807) is 24.3 Å². The van der Waals surface area contributed by atoms with Crippen LogP contribution in [0.5, 0.6) is 0 Å². The number of allylic oxidation sites excluding steroid dienone is 3. The Bertz CT molecular complexity index is 1160. The molecule has 1 aliphatic carbocycles. The molecule has 33 heavy (non-hydrogen) atoms. The van der Waals surface area contributed by atoms with Crippen molar-refractivity contribution in [3.05, 3.63) is 69.8 Å². The van der Waals surface area contributed by atoms with Gasteiger partial charge in [0.15, 0.2) is 5.82 Å². The number of aryl methyl sites for hydroxylation is 1. The Hall–Kier alpha value is -3.30. The van der Waals surface area contributed by atoms with E-state index >= 15 is 0 Å². The fraction of sp³-hybridized carbons (Fsp3) is 0.273. The average molecular weight is 487 g/mol. The van der Waals surface area contributed by atoms with Crippen molar-refractivity contribution >= 4 is 35.0 Å². The summed E-state index contributed by atoms with van der Waals surface area (Å²) in [6, 6.07) is 5.03. The number of nitrogens with one attached hydrogen (secondary N) is 2. The molecule has 0 saturated heterocycles. The first-order valence-corrected chi connectivity index (χ1v) is 11.1. The van der Waals surface area contributed by atoms with Gasteiger partial charge in [0.1, 0.15) is 0 Å². The van der Waals surface area contributed by atoms with Gasteiger partial charge in [0.25, 0.3) is 5.91 Å². The van der Waals surface area contributed by atoms with Gasteiger partial charge in [-0.25, -0.2) is 0 Å². The summed E-state index contributed by atoms with van der Waals surface area (Å²) in [7, 11) is 0. The van der Waals surface area contributed by atoms with Crippen LogP contribution in [-0.2, 0) is 16.0 Å². The van der Waals surface area contributed by atoms with Crippen molar-refractivity contribution < 1.29 is 14.1 Å². The van der Waals surface area contributed by atoms with Gasteiger partial charge in [0.05, 0.1) is 5.92 Å². The maximum Gasteiger partial charge on any atom is 0.276 e. The van der Waals surface area contributed by atoms with Crippen molar-refractivity contribution in [1.82, 2.24) is 20.8 Å². The first-order valence-electron chi connectivity index (χ1n) is 10.3. The van der Waals surface area contributed by atoms with Crippen LogP contribution < -0.4 is 10.6 Å². The summed E-state index contributed by atoms with van der Waals surface area (Å²) in [5.74, 6) is 0.606. The summed E-state index contributed by atoms with van der Waals surface area (Å²) >= 11 is 12.0. The van der Waals surface area contributed by atoms with Gasteiger partial charge in [0.2, 0.25) is 17.6 Å². The maximum absolute atomic E-state index is 12.1. The molecule has 0 bridgehead atoms. The number of halogens is 2. The average Bonchev–Trinajstić information content (AvgIpc) is 3.27. The molecule has 1 aromatic carbocycles. The van der Waals surface area contributed by atoms with Gasteiger partial charge in [-0.2, -0.15) is 4.98 Å². The van der Waals surface area contributed by atoms with Crippen LogP contribution in [0, 0.1) is 5.92 Å². The zero-order chi connectivity index (χ0) is 23.2. The molecular formula is C22H20Cl2N6O3. The first-order chi connectivity index (χ1) is 16.0. The van der Waals surface area contributed by atoms with Crippen LogP contribution in [0.3, 0.4) is 0 Å². The molecule has 0 radical (unpaired) electrons. The van der Waals surface area contributed by atoms with Gasteiger partial charge in [-0.15, -0.1) is 10.2 Å². The van der Waals surface area contributed by atoms with Crippen LogP contribution in [0.1, 0.15) is 18.7 Å². The third kappa shape index (κ3) is 5.94. The minimum atomic E-state index is -0.398. The monoisotopic (exact) mass is 486 g/mol. The van der Waals surface area contributed by atoms with E-state index in [-0.39, 0.29) is 11.8 Å². The number of amides is 2. The molecule has 1 atom stereocenters. The molecule has 1 aromatic heterocycles. The van der Waals surface area contributed by atoms with Gasteiger partial charge in [-0.3, -0.25) is 9.59 Å². The summed E-state index contributed by atoms with van der Waals surface area (Å²) in [5, 5.41) is 18.5. The second-order valence-corrected chi connectivity index (χ2v) is 8.24. The van der Waals surface area contributed by atoms with E-state index in [2.05, 4.69) is 31.0 Å². The zero-order valence-electron chi connectivity index (χ0n) is 17.4. The molecule has 1 aliphatic heterocycles. The van der Waals surface area contributed by atoms with E-state index in [4.69, 9.17) is 27.7 Å². The lowest BCUT2D eigenvalue weighted by molar-refractivity contribution is -0.121. The number of benzene rings is 1. The van der Waals surface area contributed by atoms with Gasteiger partial charge >= 0.3 is 0 Å². The van der Waals surface area contributed by atoms with Crippen LogP contribution in [0.4, 0.5) is 0 Å². The Kier molecular flexibility index (Phi) is 7.31. The Morgan fingerprint density at radius 1 is 1.09 bits per heavy atom. The number of carbonyl (C=O) groups excluding carboxylic acids is 2. The molecule has 1 unspecified atom stereocenters. The zero-order valence-corrected chi connectivity index (χ0v) is 18.9. The van der Waals surface area contributed by atoms with Crippen molar-refractivity contribution in [1.29, 1.82) is 0 Å². The largest absolute Gasteiger partial charge is 0.367 e. The summed E-state index contributed by atoms with van der Waals surface area (Å²) in [6.45, 7) is 0.862. The number of hydrogen-bond acceptors (Lipinski definition) is 7. The third-order valence-electron chi connectivity index (χ3n) is 4.94. The predicted octanol–water partition coefficient (Wildman–Crippen LogP) is 4.02. The molecule has 2 aliphatic rings. The lowest BCUT2D eigenvalue weighted by atomic mass is 9.93. The molecule has 0 fully saturated rings. The second-order valence-electron chi connectivity index (χ2n) is 7.36. The Labute approximate surface area is 199 Å². The van der Waals surface area contributed by atoms with E-state index in [1.807, 2.05) is 18.2 Å². The lowest BCUT2D eigenvalue weighted by Crippen LogP contribution is -2.32. The smallest absolute Gasteiger partial charge is 0.276 e. The first kappa shape index (κ1) is 22.9. The molecule has 0 saturated carbocycles. The molecule has 2 heterocycles. The molecule has 9 nitrogen and oxygen atoms in total. The summed E-state index contributed by atoms with van der Waals surface area (Å²) in [4.78, 5) is 28.2. The molecule has 11 heteroatoms. The Balaban J connectivity index is 1.18. The van der Waals surface area contributed by atoms with Gasteiger partial charge < -0.3 is 15.2 Å². The molecular weight excluding hydrogens is 467 g/mol. The fourth-order valence-corrected chi connectivity index (χ4v) is 3.89. The van der Waals surface area contributed by atoms with E-state index in [0.29, 0.717) is 65.5 Å². The van der Waals surface area contributed by atoms with Crippen molar-refractivity contribution in [2.24, 2.45) is 16.1 Å². The lowest BCUT2D eigenvalue weighted by Gasteiger charge is -2.20. The highest BCUT2D eigenvalue weighted by Crippen LogP contribution is 2.27. The number of nitrogens with zero attached hydrogens (tertiary/aromatic N) is 4. The minimum absolute atomic E-state index is 0.0883.